The van der Waals surface area contributed by atoms with Crippen LogP contribution in [0.2, 0.25) is 0 Å². The molecule has 0 aromatic heterocycles. The average molecular weight is 615 g/mol. The molecular formula is C45H30N2O. The first-order valence-electron chi connectivity index (χ1n) is 16.2. The molecule has 1 aliphatic heterocycles. The van der Waals surface area contributed by atoms with Crippen LogP contribution in [0.1, 0.15) is 33.4 Å². The molecule has 0 unspecified atom stereocenters. The van der Waals surface area contributed by atoms with Crippen molar-refractivity contribution in [2.24, 2.45) is 0 Å². The van der Waals surface area contributed by atoms with E-state index in [0.717, 1.165) is 55.7 Å². The van der Waals surface area contributed by atoms with Gasteiger partial charge in [0.25, 0.3) is 0 Å². The summed E-state index contributed by atoms with van der Waals surface area (Å²) in [6, 6.07) is 54.6. The summed E-state index contributed by atoms with van der Waals surface area (Å²) in [6.45, 7) is 0. The van der Waals surface area contributed by atoms with Gasteiger partial charge in [-0.2, -0.15) is 0 Å². The second kappa shape index (κ2) is 10.9. The molecule has 7 aromatic rings. The van der Waals surface area contributed by atoms with Gasteiger partial charge in [-0.05, 0) is 62.4 Å². The SMILES string of the molecule is N=C(/C=C\C(=N)c1cccc2ccccc12)c1ccc(-c2cccc3c2Oc2ccccc2C32c3ccccc3-c3ccccc32)cc1. The summed E-state index contributed by atoms with van der Waals surface area (Å²) in [4.78, 5) is 0. The Morgan fingerprint density at radius 3 is 1.81 bits per heavy atom. The number of benzene rings is 7. The maximum atomic E-state index is 8.80. The molecule has 3 heteroatoms. The number of hydrogen-bond acceptors (Lipinski definition) is 3. The molecule has 7 aromatic carbocycles. The molecule has 0 atom stereocenters. The molecule has 1 heterocycles. The van der Waals surface area contributed by atoms with Crippen molar-refractivity contribution in [2.75, 3.05) is 0 Å². The highest BCUT2D eigenvalue weighted by Gasteiger charge is 2.51. The first kappa shape index (κ1) is 27.9. The highest BCUT2D eigenvalue weighted by atomic mass is 16.5. The molecule has 48 heavy (non-hydrogen) atoms. The van der Waals surface area contributed by atoms with Crippen molar-refractivity contribution < 1.29 is 4.74 Å². The number of ether oxygens (including phenoxy) is 1. The van der Waals surface area contributed by atoms with Gasteiger partial charge >= 0.3 is 0 Å². The van der Waals surface area contributed by atoms with Gasteiger partial charge in [-0.1, -0.05) is 152 Å². The number of hydrogen-bond donors (Lipinski definition) is 2. The Labute approximate surface area is 279 Å². The summed E-state index contributed by atoms with van der Waals surface area (Å²) in [6.07, 6.45) is 3.43. The maximum Gasteiger partial charge on any atom is 0.140 e. The number of para-hydroxylation sites is 2. The van der Waals surface area contributed by atoms with Gasteiger partial charge in [0.2, 0.25) is 0 Å². The third-order valence-corrected chi connectivity index (χ3v) is 9.88. The number of allylic oxidation sites excluding steroid dienone is 2. The van der Waals surface area contributed by atoms with E-state index in [4.69, 9.17) is 15.6 Å². The van der Waals surface area contributed by atoms with Crippen LogP contribution < -0.4 is 4.74 Å². The molecule has 2 N–H and O–H groups in total. The van der Waals surface area contributed by atoms with Crippen molar-refractivity contribution in [3.63, 3.8) is 0 Å². The van der Waals surface area contributed by atoms with Crippen molar-refractivity contribution >= 4 is 22.2 Å². The fourth-order valence-corrected chi connectivity index (χ4v) is 7.75. The predicted molar refractivity (Wildman–Crippen MR) is 196 cm³/mol. The first-order valence-corrected chi connectivity index (χ1v) is 16.2. The summed E-state index contributed by atoms with van der Waals surface area (Å²) in [7, 11) is 0. The molecule has 9 rings (SSSR count). The Hall–Kier alpha value is -6.32. The van der Waals surface area contributed by atoms with Gasteiger partial charge in [0.05, 0.1) is 16.8 Å². The molecule has 0 fully saturated rings. The van der Waals surface area contributed by atoms with Crippen molar-refractivity contribution in [2.45, 2.75) is 5.41 Å². The Morgan fingerprint density at radius 2 is 1.04 bits per heavy atom. The standard InChI is InChI=1S/C45H30N2O/c46-41(27-28-42(47)36-17-9-12-29-11-1-2-13-32(29)36)31-25-23-30(24-26-31)33-16-10-21-40-44(33)48-43-22-8-7-20-39(43)45(40)37-18-5-3-14-34(37)35-15-4-6-19-38(35)45/h1-28,46-47H/b28-27-,46-41?,47-42?. The van der Waals surface area contributed by atoms with Crippen molar-refractivity contribution in [1.29, 1.82) is 10.8 Å². The van der Waals surface area contributed by atoms with E-state index < -0.39 is 5.41 Å². The van der Waals surface area contributed by atoms with Crippen LogP contribution in [-0.2, 0) is 5.41 Å². The molecule has 3 nitrogen and oxygen atoms in total. The van der Waals surface area contributed by atoms with Gasteiger partial charge < -0.3 is 15.6 Å². The van der Waals surface area contributed by atoms with Gasteiger partial charge in [0.1, 0.15) is 11.5 Å². The molecule has 0 radical (unpaired) electrons. The van der Waals surface area contributed by atoms with E-state index in [9.17, 15) is 0 Å². The lowest BCUT2D eigenvalue weighted by Gasteiger charge is -2.40. The van der Waals surface area contributed by atoms with E-state index in [0.29, 0.717) is 11.4 Å². The fourth-order valence-electron chi connectivity index (χ4n) is 7.75. The third-order valence-electron chi connectivity index (χ3n) is 9.88. The molecule has 1 spiro atoms. The van der Waals surface area contributed by atoms with Crippen LogP contribution in [0.15, 0.2) is 170 Å². The van der Waals surface area contributed by atoms with Crippen LogP contribution in [0, 0.1) is 10.8 Å². The minimum atomic E-state index is -0.505. The van der Waals surface area contributed by atoms with Crippen molar-refractivity contribution in [3.05, 3.63) is 203 Å². The van der Waals surface area contributed by atoms with E-state index in [1.807, 2.05) is 48.5 Å². The van der Waals surface area contributed by atoms with Gasteiger partial charge in [0, 0.05) is 22.3 Å². The molecule has 0 bridgehead atoms. The number of rotatable bonds is 5. The Kier molecular flexibility index (Phi) is 6.34. The number of fused-ring (bicyclic) bond motifs is 10. The van der Waals surface area contributed by atoms with Gasteiger partial charge in [-0.15, -0.1) is 0 Å². The van der Waals surface area contributed by atoms with E-state index in [1.165, 1.54) is 22.3 Å². The van der Waals surface area contributed by atoms with Crippen molar-refractivity contribution in [3.8, 4) is 33.8 Å². The molecular weight excluding hydrogens is 585 g/mol. The zero-order valence-corrected chi connectivity index (χ0v) is 26.1. The average Bonchev–Trinajstić information content (AvgIpc) is 3.44. The monoisotopic (exact) mass is 614 g/mol. The Balaban J connectivity index is 1.10. The third kappa shape index (κ3) is 4.08. The second-order valence-corrected chi connectivity index (χ2v) is 12.4. The maximum absolute atomic E-state index is 8.80. The fraction of sp³-hybridized carbons (Fsp3) is 0.0222. The number of nitrogens with one attached hydrogen (secondary N) is 2. The van der Waals surface area contributed by atoms with Crippen LogP contribution in [0.3, 0.4) is 0 Å². The molecule has 0 saturated carbocycles. The van der Waals surface area contributed by atoms with E-state index >= 15 is 0 Å². The quantitative estimate of drug-likeness (QED) is 0.186. The summed E-state index contributed by atoms with van der Waals surface area (Å²) in [5.41, 5.74) is 11.2. The van der Waals surface area contributed by atoms with Crippen molar-refractivity contribution in [1.82, 2.24) is 0 Å². The lowest BCUT2D eigenvalue weighted by atomic mass is 9.65. The molecule has 1 aliphatic carbocycles. The summed E-state index contributed by atoms with van der Waals surface area (Å²) in [5.74, 6) is 1.72. The minimum Gasteiger partial charge on any atom is -0.456 e. The predicted octanol–water partition coefficient (Wildman–Crippen LogP) is 11.0. The van der Waals surface area contributed by atoms with E-state index in [-0.39, 0.29) is 0 Å². The van der Waals surface area contributed by atoms with Crippen LogP contribution in [0.25, 0.3) is 33.0 Å². The topological polar surface area (TPSA) is 56.9 Å². The van der Waals surface area contributed by atoms with Crippen LogP contribution >= 0.6 is 0 Å². The Bertz CT molecular complexity index is 2420. The highest BCUT2D eigenvalue weighted by Crippen LogP contribution is 2.63. The molecule has 0 amide bonds. The van der Waals surface area contributed by atoms with Gasteiger partial charge in [0.15, 0.2) is 0 Å². The van der Waals surface area contributed by atoms with E-state index in [2.05, 4.69) is 109 Å². The summed E-state index contributed by atoms with van der Waals surface area (Å²) in [5, 5.41) is 19.6. The summed E-state index contributed by atoms with van der Waals surface area (Å²) < 4.78 is 6.82. The minimum absolute atomic E-state index is 0.352. The van der Waals surface area contributed by atoms with Gasteiger partial charge in [-0.25, -0.2) is 0 Å². The first-order chi connectivity index (χ1) is 23.6. The smallest absolute Gasteiger partial charge is 0.140 e. The highest BCUT2D eigenvalue weighted by molar-refractivity contribution is 6.18. The van der Waals surface area contributed by atoms with E-state index in [1.54, 1.807) is 12.2 Å². The molecule has 226 valence electrons. The van der Waals surface area contributed by atoms with Crippen LogP contribution in [-0.4, -0.2) is 11.4 Å². The molecule has 2 aliphatic rings. The molecule has 0 saturated heterocycles. The lowest BCUT2D eigenvalue weighted by molar-refractivity contribution is 0.438. The largest absolute Gasteiger partial charge is 0.456 e. The summed E-state index contributed by atoms with van der Waals surface area (Å²) >= 11 is 0. The van der Waals surface area contributed by atoms with Crippen LogP contribution in [0.4, 0.5) is 0 Å². The zero-order valence-electron chi connectivity index (χ0n) is 26.1. The zero-order chi connectivity index (χ0) is 32.2. The van der Waals surface area contributed by atoms with Crippen LogP contribution in [0.5, 0.6) is 11.5 Å². The van der Waals surface area contributed by atoms with Gasteiger partial charge in [-0.3, -0.25) is 0 Å². The lowest BCUT2D eigenvalue weighted by Crippen LogP contribution is -2.32. The normalized spacial score (nSPS) is 13.4. The Morgan fingerprint density at radius 1 is 0.479 bits per heavy atom. The second-order valence-electron chi connectivity index (χ2n) is 12.4.